The van der Waals surface area contributed by atoms with Crippen molar-refractivity contribution in [3.8, 4) is 0 Å². The summed E-state index contributed by atoms with van der Waals surface area (Å²) in [6.45, 7) is 9.20. The van der Waals surface area contributed by atoms with Gasteiger partial charge >= 0.3 is 5.76 Å². The fourth-order valence-corrected chi connectivity index (χ4v) is 9.98. The third-order valence-corrected chi connectivity index (χ3v) is 11.4. The molecular formula is C27H44N2O5. The van der Waals surface area contributed by atoms with Gasteiger partial charge in [0.25, 0.3) is 0 Å². The van der Waals surface area contributed by atoms with Crippen molar-refractivity contribution in [3.63, 3.8) is 0 Å². The molecular weight excluding hydrogens is 432 g/mol. The number of hydrogen-bond acceptors (Lipinski definition) is 6. The van der Waals surface area contributed by atoms with Crippen molar-refractivity contribution in [1.82, 2.24) is 10.1 Å². The molecule has 0 bridgehead atoms. The van der Waals surface area contributed by atoms with Crippen LogP contribution in [0, 0.1) is 52.3 Å². The van der Waals surface area contributed by atoms with Crippen LogP contribution in [0.3, 0.4) is 0 Å². The van der Waals surface area contributed by atoms with Crippen molar-refractivity contribution >= 4 is 0 Å². The highest BCUT2D eigenvalue weighted by Gasteiger charge is 2.67. The van der Waals surface area contributed by atoms with E-state index in [0.29, 0.717) is 30.0 Å². The van der Waals surface area contributed by atoms with E-state index < -0.39 is 18.0 Å². The lowest BCUT2D eigenvalue weighted by Gasteiger charge is -2.66. The second-order valence-electron chi connectivity index (χ2n) is 12.8. The maximum absolute atomic E-state index is 11.8. The van der Waals surface area contributed by atoms with Gasteiger partial charge in [0, 0.05) is 6.42 Å². The molecule has 4 aliphatic carbocycles. The van der Waals surface area contributed by atoms with Crippen LogP contribution in [0.4, 0.5) is 0 Å². The zero-order chi connectivity index (χ0) is 24.4. The van der Waals surface area contributed by atoms with Crippen LogP contribution in [0.5, 0.6) is 0 Å². The molecule has 34 heavy (non-hydrogen) atoms. The fraction of sp³-hybridized carbons (Fsp3) is 0.926. The van der Waals surface area contributed by atoms with E-state index in [2.05, 4.69) is 37.8 Å². The van der Waals surface area contributed by atoms with Crippen molar-refractivity contribution in [2.24, 2.45) is 52.3 Å². The normalized spacial score (nSPS) is 49.2. The van der Waals surface area contributed by atoms with Crippen molar-refractivity contribution in [2.75, 3.05) is 0 Å². The minimum atomic E-state index is -0.573. The smallest absolute Gasteiger partial charge is 0.393 e. The first-order valence-electron chi connectivity index (χ1n) is 13.7. The molecule has 1 aromatic heterocycles. The van der Waals surface area contributed by atoms with Crippen LogP contribution in [0.2, 0.25) is 0 Å². The first-order chi connectivity index (χ1) is 16.1. The summed E-state index contributed by atoms with van der Waals surface area (Å²) in [5, 5.41) is 36.6. The lowest BCUT2D eigenvalue weighted by Crippen LogP contribution is -2.65. The summed E-state index contributed by atoms with van der Waals surface area (Å²) >= 11 is 0. The molecule has 0 amide bonds. The van der Waals surface area contributed by atoms with Gasteiger partial charge in [-0.3, -0.25) is 0 Å². The van der Waals surface area contributed by atoms with Crippen LogP contribution < -0.4 is 5.76 Å². The number of aryl methyl sites for hydroxylation is 1. The second kappa shape index (κ2) is 8.74. The third kappa shape index (κ3) is 3.64. The monoisotopic (exact) mass is 476 g/mol. The highest BCUT2D eigenvalue weighted by Crippen LogP contribution is 2.69. The van der Waals surface area contributed by atoms with Gasteiger partial charge in [0.15, 0.2) is 0 Å². The lowest BCUT2D eigenvalue weighted by molar-refractivity contribution is -0.235. The molecule has 4 aliphatic rings. The van der Waals surface area contributed by atoms with E-state index in [9.17, 15) is 20.1 Å². The zero-order valence-corrected chi connectivity index (χ0v) is 21.2. The molecule has 1 aromatic rings. The molecule has 4 fully saturated rings. The summed E-state index contributed by atoms with van der Waals surface area (Å²) < 4.78 is 4.72. The Morgan fingerprint density at radius 3 is 2.59 bits per heavy atom. The van der Waals surface area contributed by atoms with Crippen LogP contribution in [0.1, 0.15) is 84.9 Å². The van der Waals surface area contributed by atoms with Crippen molar-refractivity contribution < 1.29 is 19.8 Å². The van der Waals surface area contributed by atoms with Crippen molar-refractivity contribution in [2.45, 2.75) is 104 Å². The summed E-state index contributed by atoms with van der Waals surface area (Å²) in [6, 6.07) is 0. The van der Waals surface area contributed by atoms with Crippen molar-refractivity contribution in [1.29, 1.82) is 0 Å². The van der Waals surface area contributed by atoms with Gasteiger partial charge in [-0.1, -0.05) is 34.1 Å². The number of nitrogens with zero attached hydrogens (tertiary/aromatic N) is 1. The highest BCUT2D eigenvalue weighted by atomic mass is 16.5. The Kier molecular flexibility index (Phi) is 6.30. The summed E-state index contributed by atoms with van der Waals surface area (Å²) in [6.07, 6.45) is 6.95. The van der Waals surface area contributed by atoms with E-state index in [-0.39, 0.29) is 40.6 Å². The van der Waals surface area contributed by atoms with Gasteiger partial charge in [-0.15, -0.1) is 0 Å². The molecule has 0 saturated heterocycles. The van der Waals surface area contributed by atoms with Gasteiger partial charge in [0.05, 0.1) is 18.3 Å². The molecule has 7 nitrogen and oxygen atoms in total. The van der Waals surface area contributed by atoms with Crippen molar-refractivity contribution in [3.05, 3.63) is 16.4 Å². The van der Waals surface area contributed by atoms with E-state index >= 15 is 0 Å². The molecule has 0 aromatic carbocycles. The Morgan fingerprint density at radius 2 is 1.91 bits per heavy atom. The average molecular weight is 477 g/mol. The van der Waals surface area contributed by atoms with Crippen LogP contribution in [-0.4, -0.2) is 43.8 Å². The van der Waals surface area contributed by atoms with Crippen LogP contribution in [0.25, 0.3) is 0 Å². The number of aliphatic hydroxyl groups excluding tert-OH is 3. The van der Waals surface area contributed by atoms with Crippen LogP contribution in [-0.2, 0) is 6.42 Å². The maximum Gasteiger partial charge on any atom is 0.459 e. The fourth-order valence-electron chi connectivity index (χ4n) is 9.98. The SMILES string of the molecule is CC[C@H]1C(O)C2C3CC[C@H]([C@H](C)CCc4nc(=O)o[nH]4)[C@@]3(C)CC(O)C2[C@@]2(C)CC[C@@H](O)C[C@@H]12. The summed E-state index contributed by atoms with van der Waals surface area (Å²) in [7, 11) is 0. The topological polar surface area (TPSA) is 120 Å². The van der Waals surface area contributed by atoms with E-state index in [1.807, 2.05) is 0 Å². The highest BCUT2D eigenvalue weighted by molar-refractivity contribution is 5.15. The number of rotatable bonds is 5. The number of aromatic nitrogens is 2. The molecule has 1 heterocycles. The standard InChI is InChI=1S/C27H44N2O5/c1-5-16-19-12-15(30)10-11-26(19,3)23-20(31)13-27(4)17(7-8-18(27)22(23)24(16)32)14(2)6-9-21-28-25(33)34-29-21/h14-20,22-24,30-32H,5-13H2,1-4H3,(H,28,29,33)/t14-,15-,16-,17-,18?,19+,20?,22?,23?,24?,26+,27-/m1/s1. The second-order valence-corrected chi connectivity index (χ2v) is 12.8. The van der Waals surface area contributed by atoms with E-state index in [1.165, 1.54) is 0 Å². The Morgan fingerprint density at radius 1 is 1.15 bits per heavy atom. The Labute approximate surface area is 202 Å². The minimum Gasteiger partial charge on any atom is -0.393 e. The number of fused-ring (bicyclic) bond motifs is 5. The van der Waals surface area contributed by atoms with E-state index in [0.717, 1.165) is 51.4 Å². The lowest BCUT2D eigenvalue weighted by atomic mass is 9.40. The largest absolute Gasteiger partial charge is 0.459 e. The van der Waals surface area contributed by atoms with Gasteiger partial charge in [-0.05, 0) is 97.2 Å². The quantitative estimate of drug-likeness (QED) is 0.516. The summed E-state index contributed by atoms with van der Waals surface area (Å²) in [5.41, 5.74) is -0.0268. The predicted octanol–water partition coefficient (Wildman–Crippen LogP) is 3.53. The number of aromatic amines is 1. The van der Waals surface area contributed by atoms with Crippen LogP contribution in [0.15, 0.2) is 9.32 Å². The van der Waals surface area contributed by atoms with Gasteiger partial charge in [0.1, 0.15) is 5.82 Å². The molecule has 5 unspecified atom stereocenters. The third-order valence-electron chi connectivity index (χ3n) is 11.4. The molecule has 4 saturated carbocycles. The molecule has 0 aliphatic heterocycles. The number of nitrogens with one attached hydrogen (secondary N) is 1. The van der Waals surface area contributed by atoms with E-state index in [1.54, 1.807) is 0 Å². The Balaban J connectivity index is 1.41. The molecule has 7 heteroatoms. The van der Waals surface area contributed by atoms with Gasteiger partial charge in [0.2, 0.25) is 0 Å². The number of H-pyrrole nitrogens is 1. The Bertz CT molecular complexity index is 930. The Hall–Kier alpha value is -1.18. The molecule has 4 N–H and O–H groups in total. The average Bonchev–Trinajstić information content (AvgIpc) is 3.35. The predicted molar refractivity (Wildman–Crippen MR) is 128 cm³/mol. The van der Waals surface area contributed by atoms with Crippen LogP contribution >= 0.6 is 0 Å². The van der Waals surface area contributed by atoms with Gasteiger partial charge < -0.3 is 19.8 Å². The minimum absolute atomic E-state index is 0.00607. The summed E-state index contributed by atoms with van der Waals surface area (Å²) in [5.74, 6) is 2.03. The first-order valence-corrected chi connectivity index (χ1v) is 13.7. The number of hydrogen-bond donors (Lipinski definition) is 4. The summed E-state index contributed by atoms with van der Waals surface area (Å²) in [4.78, 5) is 15.1. The maximum atomic E-state index is 11.8. The number of aliphatic hydroxyl groups is 3. The molecule has 5 rings (SSSR count). The first kappa shape index (κ1) is 24.5. The zero-order valence-electron chi connectivity index (χ0n) is 21.2. The molecule has 12 atom stereocenters. The van der Waals surface area contributed by atoms with E-state index in [4.69, 9.17) is 4.52 Å². The molecule has 0 spiro atoms. The molecule has 0 radical (unpaired) electrons. The van der Waals surface area contributed by atoms with Gasteiger partial charge in [-0.2, -0.15) is 4.98 Å². The van der Waals surface area contributed by atoms with Gasteiger partial charge in [-0.25, -0.2) is 9.95 Å². The molecule has 192 valence electrons.